The number of carbonyl (C=O) groups is 1. The first-order valence-corrected chi connectivity index (χ1v) is 11.5. The van der Waals surface area contributed by atoms with Crippen LogP contribution in [0.4, 0.5) is 0 Å². The fourth-order valence-electron chi connectivity index (χ4n) is 6.56. The number of carboxylic acid groups (broad SMARTS) is 1. The van der Waals surface area contributed by atoms with Gasteiger partial charge in [-0.25, -0.2) is 9.78 Å². The van der Waals surface area contributed by atoms with Gasteiger partial charge in [-0.05, 0) is 62.5 Å². The van der Waals surface area contributed by atoms with Crippen molar-refractivity contribution >= 4 is 17.0 Å². The minimum Gasteiger partial charge on any atom is -0.476 e. The van der Waals surface area contributed by atoms with Crippen molar-refractivity contribution in [3.05, 3.63) is 40.3 Å². The molecule has 3 aliphatic rings. The fourth-order valence-corrected chi connectivity index (χ4v) is 6.56. The first-order valence-electron chi connectivity index (χ1n) is 11.5. The number of piperidine rings is 2. The third-order valence-electron chi connectivity index (χ3n) is 8.17. The van der Waals surface area contributed by atoms with Gasteiger partial charge in [0.15, 0.2) is 0 Å². The maximum Gasteiger partial charge on any atom is 0.360 e. The second kappa shape index (κ2) is 7.49. The molecule has 6 nitrogen and oxygen atoms in total. The first kappa shape index (κ1) is 19.7. The van der Waals surface area contributed by atoms with Gasteiger partial charge in [-0.3, -0.25) is 9.69 Å². The molecule has 1 aromatic carbocycles. The Kier molecular flexibility index (Phi) is 4.92. The lowest BCUT2D eigenvalue weighted by Crippen LogP contribution is -2.58. The molecule has 2 aromatic rings. The second-order valence-corrected chi connectivity index (χ2v) is 9.72. The van der Waals surface area contributed by atoms with E-state index in [0.29, 0.717) is 29.6 Å². The molecule has 0 radical (unpaired) electrons. The summed E-state index contributed by atoms with van der Waals surface area (Å²) in [6.45, 7) is 4.79. The molecule has 6 heteroatoms. The van der Waals surface area contributed by atoms with Crippen LogP contribution in [0.2, 0.25) is 0 Å². The largest absolute Gasteiger partial charge is 0.476 e. The van der Waals surface area contributed by atoms with Crippen LogP contribution in [-0.4, -0.2) is 43.7 Å². The summed E-state index contributed by atoms with van der Waals surface area (Å²) in [5, 5.41) is 9.56. The Morgan fingerprint density at radius 1 is 1.03 bits per heavy atom. The van der Waals surface area contributed by atoms with Gasteiger partial charge in [0, 0.05) is 24.2 Å². The van der Waals surface area contributed by atoms with E-state index < -0.39 is 11.5 Å². The van der Waals surface area contributed by atoms with Crippen molar-refractivity contribution in [3.8, 4) is 0 Å². The monoisotopic (exact) mass is 409 g/mol. The van der Waals surface area contributed by atoms with Gasteiger partial charge in [0.25, 0.3) is 5.56 Å². The number of fused-ring (bicyclic) bond motifs is 3. The number of hydrogen-bond acceptors (Lipinski definition) is 4. The highest BCUT2D eigenvalue weighted by Gasteiger charge is 2.46. The molecule has 0 spiro atoms. The highest BCUT2D eigenvalue weighted by molar-refractivity contribution is 5.88. The zero-order valence-electron chi connectivity index (χ0n) is 17.8. The average molecular weight is 410 g/mol. The van der Waals surface area contributed by atoms with Crippen LogP contribution >= 0.6 is 0 Å². The summed E-state index contributed by atoms with van der Waals surface area (Å²) in [6.07, 6.45) is 8.02. The molecule has 5 rings (SSSR count). The molecular weight excluding hydrogens is 378 g/mol. The second-order valence-electron chi connectivity index (χ2n) is 9.72. The molecule has 4 unspecified atom stereocenters. The van der Waals surface area contributed by atoms with Gasteiger partial charge in [-0.15, -0.1) is 0 Å². The lowest BCUT2D eigenvalue weighted by atomic mass is 9.79. The Morgan fingerprint density at radius 3 is 2.37 bits per heavy atom. The van der Waals surface area contributed by atoms with Gasteiger partial charge >= 0.3 is 5.97 Å². The predicted octanol–water partition coefficient (Wildman–Crippen LogP) is 4.09. The van der Waals surface area contributed by atoms with E-state index in [1.807, 2.05) is 18.2 Å². The van der Waals surface area contributed by atoms with Crippen LogP contribution < -0.4 is 5.56 Å². The van der Waals surface area contributed by atoms with Crippen LogP contribution in [0.3, 0.4) is 0 Å². The number of benzene rings is 1. The summed E-state index contributed by atoms with van der Waals surface area (Å²) < 4.78 is 1.76. The zero-order chi connectivity index (χ0) is 21.0. The summed E-state index contributed by atoms with van der Waals surface area (Å²) in [6, 6.07) is 9.09. The van der Waals surface area contributed by atoms with Crippen LogP contribution in [0.25, 0.3) is 11.0 Å². The lowest BCUT2D eigenvalue weighted by molar-refractivity contribution is -0.0289. The molecule has 2 saturated heterocycles. The molecule has 2 aliphatic heterocycles. The summed E-state index contributed by atoms with van der Waals surface area (Å²) >= 11 is 0. The van der Waals surface area contributed by atoms with Crippen molar-refractivity contribution < 1.29 is 9.90 Å². The molecule has 6 atom stereocenters. The van der Waals surface area contributed by atoms with Crippen LogP contribution in [0.1, 0.15) is 75.3 Å². The van der Waals surface area contributed by atoms with Gasteiger partial charge in [0.05, 0.1) is 11.0 Å². The number of para-hydroxylation sites is 2. The van der Waals surface area contributed by atoms with E-state index in [0.717, 1.165) is 24.3 Å². The van der Waals surface area contributed by atoms with Crippen molar-refractivity contribution in [1.29, 1.82) is 0 Å². The number of nitrogens with zero attached hydrogens (tertiary/aromatic N) is 3. The van der Waals surface area contributed by atoms with Crippen molar-refractivity contribution in [3.63, 3.8) is 0 Å². The lowest BCUT2D eigenvalue weighted by Gasteiger charge is -2.53. The number of carboxylic acids is 1. The summed E-state index contributed by atoms with van der Waals surface area (Å²) in [5.41, 5.74) is 0.521. The van der Waals surface area contributed by atoms with Crippen LogP contribution in [-0.2, 0) is 0 Å². The topological polar surface area (TPSA) is 75.4 Å². The van der Waals surface area contributed by atoms with Gasteiger partial charge in [-0.1, -0.05) is 32.4 Å². The maximum atomic E-state index is 13.2. The third-order valence-corrected chi connectivity index (χ3v) is 8.17. The smallest absolute Gasteiger partial charge is 0.360 e. The SMILES string of the molecule is CC1CCC(N2[C@@H]3CCC[C@H]2CC(n2c(=O)c(C(=O)O)nc4ccccc42)C3)C1C. The molecule has 160 valence electrons. The molecule has 1 N–H and O–H groups in total. The number of rotatable bonds is 3. The normalized spacial score (nSPS) is 34.3. The van der Waals surface area contributed by atoms with Gasteiger partial charge in [0.2, 0.25) is 5.69 Å². The highest BCUT2D eigenvalue weighted by atomic mass is 16.4. The van der Waals surface area contributed by atoms with Gasteiger partial charge < -0.3 is 9.67 Å². The molecule has 1 aliphatic carbocycles. The minimum atomic E-state index is -1.24. The molecule has 3 heterocycles. The number of aromatic carboxylic acids is 1. The first-order chi connectivity index (χ1) is 14.5. The Hall–Kier alpha value is -2.21. The Morgan fingerprint density at radius 2 is 1.73 bits per heavy atom. The molecule has 30 heavy (non-hydrogen) atoms. The van der Waals surface area contributed by atoms with Crippen molar-refractivity contribution in [2.75, 3.05) is 0 Å². The highest BCUT2D eigenvalue weighted by Crippen LogP contribution is 2.46. The predicted molar refractivity (Wildman–Crippen MR) is 116 cm³/mol. The van der Waals surface area contributed by atoms with Crippen LogP contribution in [0.15, 0.2) is 29.1 Å². The standard InChI is InChI=1S/C24H31N3O3/c1-14-10-11-20(15(14)2)26-16-6-5-7-17(26)13-18(12-16)27-21-9-4-3-8-19(21)25-22(23(27)28)24(29)30/h3-4,8-9,14-18,20H,5-7,10-13H2,1-2H3,(H,29,30)/t14?,15?,16-,17+,18?,20?. The summed E-state index contributed by atoms with van der Waals surface area (Å²) in [5.74, 6) is 0.247. The molecule has 0 amide bonds. The quantitative estimate of drug-likeness (QED) is 0.826. The molecule has 1 saturated carbocycles. The summed E-state index contributed by atoms with van der Waals surface area (Å²) in [4.78, 5) is 31.8. The maximum absolute atomic E-state index is 13.2. The average Bonchev–Trinajstić information content (AvgIpc) is 3.04. The van der Waals surface area contributed by atoms with Crippen LogP contribution in [0.5, 0.6) is 0 Å². The van der Waals surface area contributed by atoms with E-state index in [1.165, 1.54) is 32.1 Å². The Labute approximate surface area is 176 Å². The Bertz CT molecular complexity index is 1020. The molecule has 2 bridgehead atoms. The number of hydrogen-bond donors (Lipinski definition) is 1. The van der Waals surface area contributed by atoms with E-state index in [2.05, 4.69) is 23.7 Å². The van der Waals surface area contributed by atoms with E-state index in [-0.39, 0.29) is 11.7 Å². The third kappa shape index (κ3) is 3.08. The van der Waals surface area contributed by atoms with E-state index in [4.69, 9.17) is 0 Å². The number of aromatic nitrogens is 2. The van der Waals surface area contributed by atoms with E-state index >= 15 is 0 Å². The van der Waals surface area contributed by atoms with E-state index in [1.54, 1.807) is 10.6 Å². The Balaban J connectivity index is 1.54. The minimum absolute atomic E-state index is 0.0317. The van der Waals surface area contributed by atoms with Crippen molar-refractivity contribution in [2.45, 2.75) is 83.0 Å². The fraction of sp³-hybridized carbons (Fsp3) is 0.625. The molecular formula is C24H31N3O3. The van der Waals surface area contributed by atoms with Crippen molar-refractivity contribution in [1.82, 2.24) is 14.5 Å². The van der Waals surface area contributed by atoms with Crippen molar-refractivity contribution in [2.24, 2.45) is 11.8 Å². The van der Waals surface area contributed by atoms with Gasteiger partial charge in [-0.2, -0.15) is 0 Å². The van der Waals surface area contributed by atoms with E-state index in [9.17, 15) is 14.7 Å². The molecule has 3 fully saturated rings. The van der Waals surface area contributed by atoms with Crippen LogP contribution in [0, 0.1) is 11.8 Å². The zero-order valence-corrected chi connectivity index (χ0v) is 17.8. The summed E-state index contributed by atoms with van der Waals surface area (Å²) in [7, 11) is 0. The van der Waals surface area contributed by atoms with Gasteiger partial charge in [0.1, 0.15) is 0 Å². The molecule has 1 aromatic heterocycles.